The van der Waals surface area contributed by atoms with E-state index in [9.17, 15) is 0 Å². The van der Waals surface area contributed by atoms with E-state index in [1.807, 2.05) is 30.3 Å². The molecule has 1 aromatic heterocycles. The van der Waals surface area contributed by atoms with Gasteiger partial charge in [-0.25, -0.2) is 0 Å². The van der Waals surface area contributed by atoms with Crippen LogP contribution in [0.3, 0.4) is 0 Å². The summed E-state index contributed by atoms with van der Waals surface area (Å²) < 4.78 is 6.00. The highest BCUT2D eigenvalue weighted by Gasteiger charge is 2.15. The maximum atomic E-state index is 6.00. The van der Waals surface area contributed by atoms with Gasteiger partial charge in [0.25, 0.3) is 5.19 Å². The second-order valence-corrected chi connectivity index (χ2v) is 5.95. The highest BCUT2D eigenvalue weighted by molar-refractivity contribution is 7.16. The third kappa shape index (κ3) is 3.55. The van der Waals surface area contributed by atoms with E-state index in [1.165, 1.54) is 24.2 Å². The van der Waals surface area contributed by atoms with Crippen LogP contribution in [0.5, 0.6) is 5.19 Å². The van der Waals surface area contributed by atoms with Gasteiger partial charge in [0.2, 0.25) is 0 Å². The number of benzene rings is 1. The van der Waals surface area contributed by atoms with Gasteiger partial charge in [0.15, 0.2) is 5.01 Å². The molecule has 1 unspecified atom stereocenters. The molecule has 1 aliphatic rings. The molecule has 0 radical (unpaired) electrons. The molecule has 1 N–H and O–H groups in total. The molecule has 0 aliphatic carbocycles. The van der Waals surface area contributed by atoms with E-state index < -0.39 is 0 Å². The van der Waals surface area contributed by atoms with Crippen molar-refractivity contribution in [3.63, 3.8) is 0 Å². The van der Waals surface area contributed by atoms with Gasteiger partial charge in [0.1, 0.15) is 6.10 Å². The summed E-state index contributed by atoms with van der Waals surface area (Å²) in [5, 5.41) is 13.4. The fourth-order valence-corrected chi connectivity index (χ4v) is 3.14. The molecule has 2 heterocycles. The third-order valence-corrected chi connectivity index (χ3v) is 4.33. The summed E-state index contributed by atoms with van der Waals surface area (Å²) >= 11 is 1.53. The first-order chi connectivity index (χ1) is 9.92. The molecule has 0 amide bonds. The molecule has 2 aromatic rings. The molecule has 0 spiro atoms. The van der Waals surface area contributed by atoms with Crippen LogP contribution in [0.4, 0.5) is 0 Å². The quantitative estimate of drug-likeness (QED) is 0.943. The molecule has 1 fully saturated rings. The van der Waals surface area contributed by atoms with Gasteiger partial charge in [-0.05, 0) is 38.8 Å². The van der Waals surface area contributed by atoms with E-state index in [4.69, 9.17) is 4.74 Å². The summed E-state index contributed by atoms with van der Waals surface area (Å²) in [4.78, 5) is 0. The number of hydrogen-bond acceptors (Lipinski definition) is 5. The Labute approximate surface area is 123 Å². The molecule has 0 bridgehead atoms. The van der Waals surface area contributed by atoms with E-state index in [0.29, 0.717) is 5.19 Å². The molecule has 1 aromatic carbocycles. The highest BCUT2D eigenvalue weighted by atomic mass is 32.1. The predicted molar refractivity (Wildman–Crippen MR) is 81.1 cm³/mol. The lowest BCUT2D eigenvalue weighted by Gasteiger charge is -2.19. The van der Waals surface area contributed by atoms with Crippen molar-refractivity contribution in [1.82, 2.24) is 15.5 Å². The van der Waals surface area contributed by atoms with Gasteiger partial charge in [-0.15, -0.1) is 5.10 Å². The van der Waals surface area contributed by atoms with Crippen molar-refractivity contribution in [3.8, 4) is 15.8 Å². The SMILES string of the molecule is c1ccc(-c2nnc(OC3CCCCNCC3)s2)cc1. The van der Waals surface area contributed by atoms with Gasteiger partial charge in [0.05, 0.1) is 0 Å². The summed E-state index contributed by atoms with van der Waals surface area (Å²) in [6, 6.07) is 10.1. The Balaban J connectivity index is 1.64. The maximum Gasteiger partial charge on any atom is 0.294 e. The number of nitrogens with zero attached hydrogens (tertiary/aromatic N) is 2. The lowest BCUT2D eigenvalue weighted by atomic mass is 10.1. The van der Waals surface area contributed by atoms with Crippen LogP contribution in [0.1, 0.15) is 25.7 Å². The zero-order valence-corrected chi connectivity index (χ0v) is 12.2. The van der Waals surface area contributed by atoms with Crippen LogP contribution in [0.2, 0.25) is 0 Å². The zero-order valence-electron chi connectivity index (χ0n) is 11.4. The fourth-order valence-electron chi connectivity index (χ4n) is 2.37. The van der Waals surface area contributed by atoms with Crippen LogP contribution >= 0.6 is 11.3 Å². The Kier molecular flexibility index (Phi) is 4.61. The predicted octanol–water partition coefficient (Wildman–Crippen LogP) is 3.12. The zero-order chi connectivity index (χ0) is 13.6. The van der Waals surface area contributed by atoms with E-state index in [1.54, 1.807) is 0 Å². The molecule has 3 rings (SSSR count). The number of ether oxygens (including phenoxy) is 1. The number of hydrogen-bond donors (Lipinski definition) is 1. The molecule has 5 heteroatoms. The molecule has 106 valence electrons. The lowest BCUT2D eigenvalue weighted by Crippen LogP contribution is -2.28. The first kappa shape index (κ1) is 13.5. The average molecular weight is 289 g/mol. The molecule has 1 atom stereocenters. The van der Waals surface area contributed by atoms with E-state index in [-0.39, 0.29) is 6.10 Å². The first-order valence-corrected chi connectivity index (χ1v) is 8.00. The van der Waals surface area contributed by atoms with Crippen molar-refractivity contribution >= 4 is 11.3 Å². The van der Waals surface area contributed by atoms with Crippen molar-refractivity contribution in [2.24, 2.45) is 0 Å². The minimum atomic E-state index is 0.263. The molecule has 1 aliphatic heterocycles. The molecule has 1 saturated heterocycles. The van der Waals surface area contributed by atoms with E-state index in [2.05, 4.69) is 15.5 Å². The molecule has 20 heavy (non-hydrogen) atoms. The molecular weight excluding hydrogens is 270 g/mol. The topological polar surface area (TPSA) is 47.0 Å². The largest absolute Gasteiger partial charge is 0.466 e. The van der Waals surface area contributed by atoms with Crippen LogP contribution < -0.4 is 10.1 Å². The lowest BCUT2D eigenvalue weighted by molar-refractivity contribution is 0.169. The maximum absolute atomic E-state index is 6.00. The Morgan fingerprint density at radius 3 is 2.85 bits per heavy atom. The molecule has 0 saturated carbocycles. The molecular formula is C15H19N3OS. The van der Waals surface area contributed by atoms with Crippen LogP contribution in [0.25, 0.3) is 10.6 Å². The number of aromatic nitrogens is 2. The van der Waals surface area contributed by atoms with Gasteiger partial charge < -0.3 is 10.1 Å². The van der Waals surface area contributed by atoms with Crippen LogP contribution in [-0.2, 0) is 0 Å². The Morgan fingerprint density at radius 1 is 1.05 bits per heavy atom. The normalized spacial score (nSPS) is 20.1. The van der Waals surface area contributed by atoms with Gasteiger partial charge in [-0.3, -0.25) is 0 Å². The Hall–Kier alpha value is -1.46. The Morgan fingerprint density at radius 2 is 1.95 bits per heavy atom. The fraction of sp³-hybridized carbons (Fsp3) is 0.467. The summed E-state index contributed by atoms with van der Waals surface area (Å²) in [6.45, 7) is 2.15. The van der Waals surface area contributed by atoms with Crippen molar-refractivity contribution in [2.45, 2.75) is 31.8 Å². The minimum absolute atomic E-state index is 0.263. The smallest absolute Gasteiger partial charge is 0.294 e. The van der Waals surface area contributed by atoms with Gasteiger partial charge in [0, 0.05) is 5.56 Å². The summed E-state index contributed by atoms with van der Waals surface area (Å²) in [5.41, 5.74) is 1.10. The minimum Gasteiger partial charge on any atom is -0.466 e. The van der Waals surface area contributed by atoms with Crippen molar-refractivity contribution in [1.29, 1.82) is 0 Å². The number of rotatable bonds is 3. The van der Waals surface area contributed by atoms with Gasteiger partial charge in [-0.1, -0.05) is 46.8 Å². The average Bonchev–Trinajstić information content (AvgIpc) is 2.91. The van der Waals surface area contributed by atoms with E-state index in [0.717, 1.165) is 36.5 Å². The van der Waals surface area contributed by atoms with Crippen molar-refractivity contribution < 1.29 is 4.74 Å². The van der Waals surface area contributed by atoms with Gasteiger partial charge in [-0.2, -0.15) is 0 Å². The molecule has 4 nitrogen and oxygen atoms in total. The highest BCUT2D eigenvalue weighted by Crippen LogP contribution is 2.29. The van der Waals surface area contributed by atoms with Crippen LogP contribution in [0.15, 0.2) is 30.3 Å². The van der Waals surface area contributed by atoms with Crippen molar-refractivity contribution in [3.05, 3.63) is 30.3 Å². The van der Waals surface area contributed by atoms with Crippen molar-refractivity contribution in [2.75, 3.05) is 13.1 Å². The third-order valence-electron chi connectivity index (χ3n) is 3.47. The summed E-state index contributed by atoms with van der Waals surface area (Å²) in [6.07, 6.45) is 4.86. The summed E-state index contributed by atoms with van der Waals surface area (Å²) in [7, 11) is 0. The van der Waals surface area contributed by atoms with Crippen LogP contribution in [-0.4, -0.2) is 29.4 Å². The Bertz CT molecular complexity index is 521. The standard InChI is InChI=1S/C15H19N3OS/c1-2-6-12(7-3-1)14-17-18-15(20-14)19-13-8-4-5-10-16-11-9-13/h1-3,6-7,13,16H,4-5,8-11H2. The van der Waals surface area contributed by atoms with Crippen LogP contribution in [0, 0.1) is 0 Å². The number of nitrogens with one attached hydrogen (secondary N) is 1. The second kappa shape index (κ2) is 6.81. The monoisotopic (exact) mass is 289 g/mol. The van der Waals surface area contributed by atoms with E-state index >= 15 is 0 Å². The first-order valence-electron chi connectivity index (χ1n) is 7.18. The summed E-state index contributed by atoms with van der Waals surface area (Å²) in [5.74, 6) is 0. The second-order valence-electron chi connectivity index (χ2n) is 5.01. The van der Waals surface area contributed by atoms with Gasteiger partial charge >= 0.3 is 0 Å².